The van der Waals surface area contributed by atoms with E-state index in [0.717, 1.165) is 32.1 Å². The Kier molecular flexibility index (Phi) is 5.49. The molecule has 1 saturated heterocycles. The van der Waals surface area contributed by atoms with Crippen molar-refractivity contribution < 1.29 is 4.74 Å². The largest absolute Gasteiger partial charge is 0.378 e. The highest BCUT2D eigenvalue weighted by molar-refractivity contribution is 6.29. The van der Waals surface area contributed by atoms with Gasteiger partial charge in [-0.2, -0.15) is 0 Å². The average molecular weight is 244 g/mol. The monoisotopic (exact) mass is 243 g/mol. The van der Waals surface area contributed by atoms with Gasteiger partial charge in [0.25, 0.3) is 0 Å². The predicted molar refractivity (Wildman–Crippen MR) is 66.2 cm³/mol. The molecule has 0 atom stereocenters. The number of anilines is 1. The van der Waals surface area contributed by atoms with E-state index in [2.05, 4.69) is 14.9 Å². The van der Waals surface area contributed by atoms with Crippen LogP contribution in [0.15, 0.2) is 6.07 Å². The van der Waals surface area contributed by atoms with Gasteiger partial charge in [-0.1, -0.05) is 25.4 Å². The third kappa shape index (κ3) is 3.61. The molecule has 0 amide bonds. The predicted octanol–water partition coefficient (Wildman–Crippen LogP) is 2.30. The standard InChI is InChI=1S/C9H12ClN3O.C2H6/c1-7-11-8(10)6-9(12-7)13-2-4-14-5-3-13;1-2/h6H,2-5H2,1H3;1-2H3. The highest BCUT2D eigenvalue weighted by Crippen LogP contribution is 2.16. The number of hydrogen-bond acceptors (Lipinski definition) is 4. The second-order valence-corrected chi connectivity index (χ2v) is 3.58. The van der Waals surface area contributed by atoms with Gasteiger partial charge in [-0.3, -0.25) is 0 Å². The molecule has 5 heteroatoms. The molecule has 0 saturated carbocycles. The third-order valence-electron chi connectivity index (χ3n) is 2.13. The molecule has 2 heterocycles. The molecular weight excluding hydrogens is 226 g/mol. The summed E-state index contributed by atoms with van der Waals surface area (Å²) < 4.78 is 5.26. The van der Waals surface area contributed by atoms with E-state index in [4.69, 9.17) is 16.3 Å². The van der Waals surface area contributed by atoms with Crippen LogP contribution in [0.25, 0.3) is 0 Å². The molecule has 90 valence electrons. The molecule has 0 N–H and O–H groups in total. The van der Waals surface area contributed by atoms with Crippen LogP contribution in [0.1, 0.15) is 19.7 Å². The zero-order valence-electron chi connectivity index (χ0n) is 10.0. The van der Waals surface area contributed by atoms with Crippen LogP contribution in [-0.2, 0) is 4.74 Å². The third-order valence-corrected chi connectivity index (χ3v) is 2.32. The highest BCUT2D eigenvalue weighted by atomic mass is 35.5. The maximum Gasteiger partial charge on any atom is 0.134 e. The molecule has 1 aliphatic rings. The van der Waals surface area contributed by atoms with Gasteiger partial charge in [0, 0.05) is 19.2 Å². The Morgan fingerprint density at radius 2 is 1.88 bits per heavy atom. The van der Waals surface area contributed by atoms with E-state index in [-0.39, 0.29) is 0 Å². The lowest BCUT2D eigenvalue weighted by Crippen LogP contribution is -2.36. The number of aryl methyl sites for hydroxylation is 1. The summed E-state index contributed by atoms with van der Waals surface area (Å²) in [5.41, 5.74) is 0. The fourth-order valence-electron chi connectivity index (χ4n) is 1.47. The minimum atomic E-state index is 0.499. The van der Waals surface area contributed by atoms with E-state index in [1.165, 1.54) is 0 Å². The Bertz CT molecular complexity index is 307. The van der Waals surface area contributed by atoms with Gasteiger partial charge in [0.1, 0.15) is 16.8 Å². The van der Waals surface area contributed by atoms with Crippen molar-refractivity contribution in [2.24, 2.45) is 0 Å². The van der Waals surface area contributed by atoms with Gasteiger partial charge in [-0.15, -0.1) is 0 Å². The van der Waals surface area contributed by atoms with Crippen LogP contribution >= 0.6 is 11.6 Å². The number of morpholine rings is 1. The maximum absolute atomic E-state index is 5.86. The fourth-order valence-corrected chi connectivity index (χ4v) is 1.69. The molecule has 1 aliphatic heterocycles. The summed E-state index contributed by atoms with van der Waals surface area (Å²) in [5.74, 6) is 1.60. The van der Waals surface area contributed by atoms with Gasteiger partial charge in [-0.25, -0.2) is 9.97 Å². The molecule has 1 fully saturated rings. The van der Waals surface area contributed by atoms with Gasteiger partial charge in [0.2, 0.25) is 0 Å². The van der Waals surface area contributed by atoms with E-state index in [9.17, 15) is 0 Å². The lowest BCUT2D eigenvalue weighted by molar-refractivity contribution is 0.122. The van der Waals surface area contributed by atoms with Crippen LogP contribution in [0.3, 0.4) is 0 Å². The Hall–Kier alpha value is -0.870. The van der Waals surface area contributed by atoms with Crippen molar-refractivity contribution in [2.75, 3.05) is 31.2 Å². The minimum Gasteiger partial charge on any atom is -0.378 e. The quantitative estimate of drug-likeness (QED) is 0.710. The Morgan fingerprint density at radius 1 is 1.25 bits per heavy atom. The number of rotatable bonds is 1. The molecule has 2 rings (SSSR count). The first-order valence-corrected chi connectivity index (χ1v) is 5.97. The number of nitrogens with zero attached hydrogens (tertiary/aromatic N) is 3. The van der Waals surface area contributed by atoms with Gasteiger partial charge >= 0.3 is 0 Å². The summed E-state index contributed by atoms with van der Waals surface area (Å²) >= 11 is 5.86. The van der Waals surface area contributed by atoms with Crippen LogP contribution in [0.2, 0.25) is 5.15 Å². The molecule has 1 aromatic heterocycles. The molecule has 4 nitrogen and oxygen atoms in total. The molecule has 16 heavy (non-hydrogen) atoms. The lowest BCUT2D eigenvalue weighted by atomic mass is 10.4. The van der Waals surface area contributed by atoms with Crippen molar-refractivity contribution in [2.45, 2.75) is 20.8 Å². The molecule has 0 unspecified atom stereocenters. The molecule has 0 radical (unpaired) electrons. The number of halogens is 1. The summed E-state index contributed by atoms with van der Waals surface area (Å²) in [6.07, 6.45) is 0. The zero-order chi connectivity index (χ0) is 12.0. The van der Waals surface area contributed by atoms with Gasteiger partial charge in [-0.05, 0) is 6.92 Å². The molecule has 1 aromatic rings. The Balaban J connectivity index is 0.000000606. The van der Waals surface area contributed by atoms with Crippen LogP contribution in [0, 0.1) is 6.92 Å². The van der Waals surface area contributed by atoms with Crippen molar-refractivity contribution in [3.05, 3.63) is 17.0 Å². The van der Waals surface area contributed by atoms with Gasteiger partial charge in [0.15, 0.2) is 0 Å². The maximum atomic E-state index is 5.86. The number of aromatic nitrogens is 2. The first-order valence-electron chi connectivity index (χ1n) is 5.59. The van der Waals surface area contributed by atoms with Crippen LogP contribution < -0.4 is 4.90 Å². The van der Waals surface area contributed by atoms with Crippen molar-refractivity contribution in [3.8, 4) is 0 Å². The lowest BCUT2D eigenvalue weighted by Gasteiger charge is -2.27. The normalized spacial score (nSPS) is 15.4. The number of ether oxygens (including phenoxy) is 1. The van der Waals surface area contributed by atoms with E-state index in [1.807, 2.05) is 20.8 Å². The smallest absolute Gasteiger partial charge is 0.134 e. The van der Waals surface area contributed by atoms with Crippen LogP contribution in [0.5, 0.6) is 0 Å². The zero-order valence-corrected chi connectivity index (χ0v) is 10.8. The van der Waals surface area contributed by atoms with Crippen molar-refractivity contribution in [3.63, 3.8) is 0 Å². The molecule has 0 spiro atoms. The summed E-state index contributed by atoms with van der Waals surface area (Å²) in [6, 6.07) is 1.79. The molecular formula is C11H18ClN3O. The summed E-state index contributed by atoms with van der Waals surface area (Å²) in [7, 11) is 0. The average Bonchev–Trinajstić information content (AvgIpc) is 2.32. The molecule has 0 aromatic carbocycles. The Morgan fingerprint density at radius 3 is 2.44 bits per heavy atom. The SMILES string of the molecule is CC.Cc1nc(Cl)cc(N2CCOCC2)n1. The van der Waals surface area contributed by atoms with E-state index in [1.54, 1.807) is 6.07 Å². The van der Waals surface area contributed by atoms with Gasteiger partial charge in [0.05, 0.1) is 13.2 Å². The summed E-state index contributed by atoms with van der Waals surface area (Å²) in [6.45, 7) is 9.08. The van der Waals surface area contributed by atoms with E-state index < -0.39 is 0 Å². The van der Waals surface area contributed by atoms with Crippen LogP contribution in [0.4, 0.5) is 5.82 Å². The van der Waals surface area contributed by atoms with E-state index in [0.29, 0.717) is 11.0 Å². The van der Waals surface area contributed by atoms with Gasteiger partial charge < -0.3 is 9.64 Å². The molecule has 0 aliphatic carbocycles. The molecule has 0 bridgehead atoms. The first kappa shape index (κ1) is 13.2. The summed E-state index contributed by atoms with van der Waals surface area (Å²) in [5, 5.41) is 0.499. The topological polar surface area (TPSA) is 38.2 Å². The van der Waals surface area contributed by atoms with Crippen molar-refractivity contribution in [1.29, 1.82) is 0 Å². The second kappa shape index (κ2) is 6.66. The van der Waals surface area contributed by atoms with Crippen molar-refractivity contribution >= 4 is 17.4 Å². The van der Waals surface area contributed by atoms with Crippen molar-refractivity contribution in [1.82, 2.24) is 9.97 Å². The van der Waals surface area contributed by atoms with E-state index >= 15 is 0 Å². The number of hydrogen-bond donors (Lipinski definition) is 0. The second-order valence-electron chi connectivity index (χ2n) is 3.20. The highest BCUT2D eigenvalue weighted by Gasteiger charge is 2.13. The fraction of sp³-hybridized carbons (Fsp3) is 0.636. The Labute approximate surface area is 102 Å². The first-order chi connectivity index (χ1) is 7.75. The van der Waals surface area contributed by atoms with Crippen LogP contribution in [-0.4, -0.2) is 36.3 Å². The minimum absolute atomic E-state index is 0.499. The summed E-state index contributed by atoms with van der Waals surface area (Å²) in [4.78, 5) is 10.5.